The van der Waals surface area contributed by atoms with Crippen molar-refractivity contribution in [3.05, 3.63) is 64.0 Å². The van der Waals surface area contributed by atoms with Gasteiger partial charge in [-0.15, -0.1) is 4.91 Å². The second-order valence-electron chi connectivity index (χ2n) is 3.53. The van der Waals surface area contributed by atoms with Crippen LogP contribution in [0.4, 0.5) is 11.4 Å². The van der Waals surface area contributed by atoms with Gasteiger partial charge in [-0.1, -0.05) is 17.7 Å². The molecular weight excluding hydrogens is 250 g/mol. The molecule has 0 amide bonds. The smallest absolute Gasteiger partial charge is 0.0991 e. The van der Waals surface area contributed by atoms with Crippen LogP contribution in [-0.2, 0) is 0 Å². The lowest BCUT2D eigenvalue weighted by Gasteiger charge is -2.15. The average molecular weight is 258 g/mol. The summed E-state index contributed by atoms with van der Waals surface area (Å²) in [5, 5.41) is 13.4. The minimum Gasteiger partial charge on any atom is -0.197 e. The minimum atomic E-state index is 0.523. The van der Waals surface area contributed by atoms with Gasteiger partial charge in [0.15, 0.2) is 0 Å². The van der Waals surface area contributed by atoms with E-state index in [0.29, 0.717) is 22.0 Å². The van der Waals surface area contributed by atoms with E-state index in [9.17, 15) is 4.91 Å². The molecule has 0 atom stereocenters. The second kappa shape index (κ2) is 5.30. The number of anilines is 2. The fourth-order valence-electron chi connectivity index (χ4n) is 1.53. The zero-order chi connectivity index (χ0) is 13.0. The lowest BCUT2D eigenvalue weighted by molar-refractivity contribution is 1.07. The van der Waals surface area contributed by atoms with E-state index in [4.69, 9.17) is 16.9 Å². The van der Waals surface area contributed by atoms with E-state index in [1.54, 1.807) is 48.5 Å². The second-order valence-corrected chi connectivity index (χ2v) is 3.97. The van der Waals surface area contributed by atoms with Crippen molar-refractivity contribution in [1.82, 2.24) is 0 Å². The van der Waals surface area contributed by atoms with Gasteiger partial charge in [-0.2, -0.15) is 10.3 Å². The van der Waals surface area contributed by atoms with Gasteiger partial charge in [-0.25, -0.2) is 0 Å². The first kappa shape index (κ1) is 12.1. The molecular formula is C13H8ClN3O. The number of hydrogen-bond donors (Lipinski definition) is 0. The normalized spacial score (nSPS) is 9.56. The SMILES string of the molecule is N#Cc1ccc(N(N=O)c2cccc(Cl)c2)cc1. The molecule has 0 saturated carbocycles. The van der Waals surface area contributed by atoms with Crippen LogP contribution in [0.5, 0.6) is 0 Å². The zero-order valence-electron chi connectivity index (χ0n) is 9.25. The summed E-state index contributed by atoms with van der Waals surface area (Å²) in [4.78, 5) is 10.9. The molecule has 4 nitrogen and oxygen atoms in total. The Morgan fingerprint density at radius 1 is 1.11 bits per heavy atom. The molecule has 0 fully saturated rings. The molecule has 2 aromatic rings. The van der Waals surface area contributed by atoms with Gasteiger partial charge in [-0.05, 0) is 42.5 Å². The van der Waals surface area contributed by atoms with Crippen molar-refractivity contribution in [3.8, 4) is 6.07 Å². The summed E-state index contributed by atoms with van der Waals surface area (Å²) in [6.45, 7) is 0. The lowest BCUT2D eigenvalue weighted by atomic mass is 10.2. The van der Waals surface area contributed by atoms with Crippen LogP contribution in [0.25, 0.3) is 0 Å². The Balaban J connectivity index is 2.39. The Hall–Kier alpha value is -2.38. The number of halogens is 1. The summed E-state index contributed by atoms with van der Waals surface area (Å²) in [7, 11) is 0. The standard InChI is InChI=1S/C13H8ClN3O/c14-11-2-1-3-13(8-11)17(16-18)12-6-4-10(9-15)5-7-12/h1-8H. The molecule has 18 heavy (non-hydrogen) atoms. The fourth-order valence-corrected chi connectivity index (χ4v) is 1.71. The van der Waals surface area contributed by atoms with Crippen LogP contribution in [-0.4, -0.2) is 0 Å². The Morgan fingerprint density at radius 2 is 1.83 bits per heavy atom. The average Bonchev–Trinajstić information content (AvgIpc) is 2.40. The van der Waals surface area contributed by atoms with Gasteiger partial charge >= 0.3 is 0 Å². The van der Waals surface area contributed by atoms with Crippen molar-refractivity contribution >= 4 is 23.0 Å². The van der Waals surface area contributed by atoms with Gasteiger partial charge in [0.25, 0.3) is 0 Å². The highest BCUT2D eigenvalue weighted by Crippen LogP contribution is 2.27. The first-order valence-corrected chi connectivity index (χ1v) is 5.51. The van der Waals surface area contributed by atoms with Crippen LogP contribution in [0.3, 0.4) is 0 Å². The summed E-state index contributed by atoms with van der Waals surface area (Å²) in [6, 6.07) is 15.4. The quantitative estimate of drug-likeness (QED) is 0.616. The van der Waals surface area contributed by atoms with Crippen molar-refractivity contribution < 1.29 is 0 Å². The van der Waals surface area contributed by atoms with Crippen molar-refractivity contribution in [1.29, 1.82) is 5.26 Å². The molecule has 0 unspecified atom stereocenters. The van der Waals surface area contributed by atoms with Crippen LogP contribution in [0.15, 0.2) is 53.8 Å². The molecule has 0 aromatic heterocycles. The van der Waals surface area contributed by atoms with Gasteiger partial charge in [0, 0.05) is 5.02 Å². The van der Waals surface area contributed by atoms with Gasteiger partial charge in [0.2, 0.25) is 0 Å². The van der Waals surface area contributed by atoms with E-state index in [0.717, 1.165) is 0 Å². The van der Waals surface area contributed by atoms with Gasteiger partial charge < -0.3 is 0 Å². The molecule has 0 aliphatic carbocycles. The van der Waals surface area contributed by atoms with E-state index in [2.05, 4.69) is 5.29 Å². The maximum atomic E-state index is 10.9. The van der Waals surface area contributed by atoms with Crippen LogP contribution in [0.2, 0.25) is 5.02 Å². The number of nitrogens with zero attached hydrogens (tertiary/aromatic N) is 3. The molecule has 0 aliphatic rings. The highest BCUT2D eigenvalue weighted by Gasteiger charge is 2.09. The zero-order valence-corrected chi connectivity index (χ0v) is 10.0. The number of nitriles is 1. The highest BCUT2D eigenvalue weighted by molar-refractivity contribution is 6.30. The molecule has 2 rings (SSSR count). The first-order chi connectivity index (χ1) is 8.74. The van der Waals surface area contributed by atoms with Crippen LogP contribution in [0.1, 0.15) is 5.56 Å². The fraction of sp³-hybridized carbons (Fsp3) is 0. The predicted octanol–water partition coefficient (Wildman–Crippen LogP) is 4.03. The summed E-state index contributed by atoms with van der Waals surface area (Å²) >= 11 is 5.87. The van der Waals surface area contributed by atoms with E-state index < -0.39 is 0 Å². The predicted molar refractivity (Wildman–Crippen MR) is 70.5 cm³/mol. The van der Waals surface area contributed by atoms with E-state index in [1.807, 2.05) is 6.07 Å². The molecule has 2 aromatic carbocycles. The third kappa shape index (κ3) is 2.47. The van der Waals surface area contributed by atoms with Gasteiger partial charge in [-0.3, -0.25) is 0 Å². The number of benzene rings is 2. The summed E-state index contributed by atoms with van der Waals surface area (Å²) < 4.78 is 0. The molecule has 0 bridgehead atoms. The maximum absolute atomic E-state index is 10.9. The van der Waals surface area contributed by atoms with Crippen molar-refractivity contribution in [2.24, 2.45) is 5.29 Å². The molecule has 0 heterocycles. The Labute approximate surface area is 109 Å². The van der Waals surface area contributed by atoms with Crippen LogP contribution >= 0.6 is 11.6 Å². The molecule has 0 radical (unpaired) electrons. The van der Waals surface area contributed by atoms with Gasteiger partial charge in [0.05, 0.1) is 28.3 Å². The molecule has 0 aliphatic heterocycles. The summed E-state index contributed by atoms with van der Waals surface area (Å²) in [5.41, 5.74) is 1.67. The van der Waals surface area contributed by atoms with E-state index in [1.165, 1.54) is 5.01 Å². The minimum absolute atomic E-state index is 0.523. The molecule has 0 N–H and O–H groups in total. The third-order valence-electron chi connectivity index (χ3n) is 2.38. The largest absolute Gasteiger partial charge is 0.197 e. The van der Waals surface area contributed by atoms with Gasteiger partial charge in [0.1, 0.15) is 0 Å². The number of hydrogen-bond acceptors (Lipinski definition) is 3. The Morgan fingerprint density at radius 3 is 2.39 bits per heavy atom. The number of nitroso groups, excluding NO2 is 1. The number of rotatable bonds is 3. The summed E-state index contributed by atoms with van der Waals surface area (Å²) in [6.07, 6.45) is 0. The topological polar surface area (TPSA) is 56.5 Å². The Bertz CT molecular complexity index is 604. The molecule has 5 heteroatoms. The van der Waals surface area contributed by atoms with E-state index in [-0.39, 0.29) is 0 Å². The van der Waals surface area contributed by atoms with Crippen molar-refractivity contribution in [3.63, 3.8) is 0 Å². The maximum Gasteiger partial charge on any atom is 0.0991 e. The van der Waals surface area contributed by atoms with Crippen molar-refractivity contribution in [2.45, 2.75) is 0 Å². The van der Waals surface area contributed by atoms with E-state index >= 15 is 0 Å². The third-order valence-corrected chi connectivity index (χ3v) is 2.61. The Kier molecular flexibility index (Phi) is 3.56. The molecule has 0 saturated heterocycles. The highest BCUT2D eigenvalue weighted by atomic mass is 35.5. The monoisotopic (exact) mass is 257 g/mol. The molecule has 88 valence electrons. The van der Waals surface area contributed by atoms with Crippen LogP contribution in [0, 0.1) is 16.2 Å². The van der Waals surface area contributed by atoms with Crippen molar-refractivity contribution in [2.75, 3.05) is 5.01 Å². The van der Waals surface area contributed by atoms with Crippen LogP contribution < -0.4 is 5.01 Å². The first-order valence-electron chi connectivity index (χ1n) is 5.14. The molecule has 0 spiro atoms. The lowest BCUT2D eigenvalue weighted by Crippen LogP contribution is -2.07. The summed E-state index contributed by atoms with van der Waals surface area (Å²) in [5.74, 6) is 0.